The average Bonchev–Trinajstić information content (AvgIpc) is 2.13. The Balaban J connectivity index is 2.82. The van der Waals surface area contributed by atoms with Gasteiger partial charge in [0.15, 0.2) is 0 Å². The molecule has 1 fully saturated rings. The van der Waals surface area contributed by atoms with E-state index in [-0.39, 0.29) is 25.3 Å². The Hall–Kier alpha value is -0.330. The average molecular weight is 254 g/mol. The van der Waals surface area contributed by atoms with E-state index in [1.54, 1.807) is 20.8 Å². The van der Waals surface area contributed by atoms with Crippen LogP contribution in [-0.2, 0) is 4.74 Å². The van der Waals surface area contributed by atoms with Gasteiger partial charge in [-0.05, 0) is 20.3 Å². The zero-order valence-electron chi connectivity index (χ0n) is 10.5. The highest BCUT2D eigenvalue weighted by Gasteiger charge is 2.48. The minimum atomic E-state index is -4.29. The van der Waals surface area contributed by atoms with Crippen LogP contribution in [0.1, 0.15) is 27.2 Å². The molecule has 1 heterocycles. The summed E-state index contributed by atoms with van der Waals surface area (Å²) in [6, 6.07) is -2.45. The molecule has 1 saturated heterocycles. The molecule has 0 spiro atoms. The van der Waals surface area contributed by atoms with Crippen LogP contribution in [0, 0.1) is 0 Å². The second kappa shape index (κ2) is 5.54. The van der Waals surface area contributed by atoms with E-state index in [0.29, 0.717) is 6.42 Å². The monoisotopic (exact) mass is 254 g/mol. The minimum Gasteiger partial charge on any atom is -0.373 e. The van der Waals surface area contributed by atoms with E-state index in [4.69, 9.17) is 10.5 Å². The number of hydrogen-bond donors (Lipinski definition) is 1. The number of morpholine rings is 1. The largest absolute Gasteiger partial charge is 0.405 e. The van der Waals surface area contributed by atoms with Crippen molar-refractivity contribution in [2.45, 2.75) is 57.7 Å². The molecule has 4 unspecified atom stereocenters. The number of alkyl halides is 3. The van der Waals surface area contributed by atoms with Crippen LogP contribution in [0.4, 0.5) is 13.2 Å². The smallest absolute Gasteiger partial charge is 0.373 e. The highest BCUT2D eigenvalue weighted by Crippen LogP contribution is 2.29. The van der Waals surface area contributed by atoms with Gasteiger partial charge in [-0.1, -0.05) is 6.92 Å². The molecule has 0 aromatic heterocycles. The summed E-state index contributed by atoms with van der Waals surface area (Å²) in [5.41, 5.74) is 5.62. The van der Waals surface area contributed by atoms with E-state index in [2.05, 4.69) is 0 Å². The summed E-state index contributed by atoms with van der Waals surface area (Å²) in [7, 11) is 0. The Labute approximate surface area is 100 Å². The molecule has 0 bridgehead atoms. The number of rotatable bonds is 3. The number of ether oxygens (including phenoxy) is 1. The van der Waals surface area contributed by atoms with Crippen LogP contribution < -0.4 is 5.73 Å². The highest BCUT2D eigenvalue weighted by atomic mass is 19.4. The van der Waals surface area contributed by atoms with Crippen LogP contribution in [0.2, 0.25) is 0 Å². The van der Waals surface area contributed by atoms with Crippen LogP contribution in [0.3, 0.4) is 0 Å². The van der Waals surface area contributed by atoms with E-state index in [1.807, 2.05) is 0 Å². The fourth-order valence-corrected chi connectivity index (χ4v) is 2.39. The van der Waals surface area contributed by atoms with Crippen LogP contribution in [0.15, 0.2) is 0 Å². The Kier molecular flexibility index (Phi) is 4.80. The van der Waals surface area contributed by atoms with Gasteiger partial charge in [0.05, 0.1) is 12.2 Å². The van der Waals surface area contributed by atoms with Crippen molar-refractivity contribution in [3.63, 3.8) is 0 Å². The molecule has 102 valence electrons. The molecule has 1 aliphatic rings. The van der Waals surface area contributed by atoms with Gasteiger partial charge in [-0.3, -0.25) is 4.90 Å². The Morgan fingerprint density at radius 3 is 2.12 bits per heavy atom. The molecule has 17 heavy (non-hydrogen) atoms. The van der Waals surface area contributed by atoms with E-state index in [1.165, 1.54) is 4.90 Å². The first kappa shape index (κ1) is 14.7. The topological polar surface area (TPSA) is 38.5 Å². The number of hydrogen-bond acceptors (Lipinski definition) is 3. The van der Waals surface area contributed by atoms with Crippen molar-refractivity contribution < 1.29 is 17.9 Å². The van der Waals surface area contributed by atoms with Gasteiger partial charge >= 0.3 is 6.18 Å². The van der Waals surface area contributed by atoms with Crippen LogP contribution in [0.5, 0.6) is 0 Å². The standard InChI is InChI=1S/C11H21F3N2O/c1-4-9(15)10(11(12,13)14)16-5-7(2)17-8(3)6-16/h7-10H,4-6,15H2,1-3H3. The predicted molar refractivity (Wildman–Crippen MR) is 59.7 cm³/mol. The summed E-state index contributed by atoms with van der Waals surface area (Å²) in [6.07, 6.45) is -4.35. The molecule has 1 aliphatic heterocycles. The van der Waals surface area contributed by atoms with Crippen molar-refractivity contribution in [3.05, 3.63) is 0 Å². The summed E-state index contributed by atoms with van der Waals surface area (Å²) in [6.45, 7) is 5.81. The van der Waals surface area contributed by atoms with Crippen molar-refractivity contribution in [1.82, 2.24) is 4.90 Å². The number of nitrogens with zero attached hydrogens (tertiary/aromatic N) is 1. The Morgan fingerprint density at radius 1 is 1.29 bits per heavy atom. The second-order valence-electron chi connectivity index (χ2n) is 4.77. The maximum atomic E-state index is 13.0. The van der Waals surface area contributed by atoms with Gasteiger partial charge in [-0.25, -0.2) is 0 Å². The molecule has 0 radical (unpaired) electrons. The van der Waals surface area contributed by atoms with Crippen LogP contribution in [-0.4, -0.2) is 48.5 Å². The van der Waals surface area contributed by atoms with Crippen molar-refractivity contribution >= 4 is 0 Å². The van der Waals surface area contributed by atoms with E-state index in [9.17, 15) is 13.2 Å². The van der Waals surface area contributed by atoms with Gasteiger partial charge in [0.25, 0.3) is 0 Å². The zero-order chi connectivity index (χ0) is 13.2. The first-order valence-electron chi connectivity index (χ1n) is 5.97. The van der Waals surface area contributed by atoms with E-state index in [0.717, 1.165) is 0 Å². The molecule has 2 N–H and O–H groups in total. The lowest BCUT2D eigenvalue weighted by atomic mass is 10.0. The molecule has 3 nitrogen and oxygen atoms in total. The van der Waals surface area contributed by atoms with Crippen LogP contribution >= 0.6 is 0 Å². The maximum Gasteiger partial charge on any atom is 0.405 e. The van der Waals surface area contributed by atoms with Crippen molar-refractivity contribution in [2.24, 2.45) is 5.73 Å². The molecule has 0 saturated carbocycles. The minimum absolute atomic E-state index is 0.187. The summed E-state index contributed by atoms with van der Waals surface area (Å²) in [5, 5.41) is 0. The summed E-state index contributed by atoms with van der Waals surface area (Å²) in [5.74, 6) is 0. The highest BCUT2D eigenvalue weighted by molar-refractivity contribution is 4.90. The van der Waals surface area contributed by atoms with E-state index >= 15 is 0 Å². The number of halogens is 3. The SMILES string of the molecule is CCC(N)C(N1CC(C)OC(C)C1)C(F)(F)F. The Morgan fingerprint density at radius 2 is 1.76 bits per heavy atom. The molecular weight excluding hydrogens is 233 g/mol. The van der Waals surface area contributed by atoms with Crippen molar-refractivity contribution in [2.75, 3.05) is 13.1 Å². The van der Waals surface area contributed by atoms with Crippen LogP contribution in [0.25, 0.3) is 0 Å². The first-order chi connectivity index (χ1) is 7.75. The van der Waals surface area contributed by atoms with Gasteiger partial charge in [0.2, 0.25) is 0 Å². The van der Waals surface area contributed by atoms with Gasteiger partial charge in [0.1, 0.15) is 6.04 Å². The molecule has 0 aliphatic carbocycles. The summed E-state index contributed by atoms with van der Waals surface area (Å²) < 4.78 is 44.5. The third kappa shape index (κ3) is 3.82. The van der Waals surface area contributed by atoms with Gasteiger partial charge in [-0.15, -0.1) is 0 Å². The third-order valence-corrected chi connectivity index (χ3v) is 3.05. The first-order valence-corrected chi connectivity index (χ1v) is 5.97. The van der Waals surface area contributed by atoms with Crippen molar-refractivity contribution in [3.8, 4) is 0 Å². The molecular formula is C11H21F3N2O. The quantitative estimate of drug-likeness (QED) is 0.834. The second-order valence-corrected chi connectivity index (χ2v) is 4.77. The fraction of sp³-hybridized carbons (Fsp3) is 1.00. The molecule has 4 atom stereocenters. The van der Waals surface area contributed by atoms with Crippen molar-refractivity contribution in [1.29, 1.82) is 0 Å². The zero-order valence-corrected chi connectivity index (χ0v) is 10.5. The van der Waals surface area contributed by atoms with Gasteiger partial charge in [0, 0.05) is 19.1 Å². The molecule has 0 amide bonds. The third-order valence-electron chi connectivity index (χ3n) is 3.05. The van der Waals surface area contributed by atoms with Gasteiger partial charge in [-0.2, -0.15) is 13.2 Å². The molecule has 1 rings (SSSR count). The lowest BCUT2D eigenvalue weighted by molar-refractivity contribution is -0.208. The van der Waals surface area contributed by atoms with E-state index < -0.39 is 18.3 Å². The fourth-order valence-electron chi connectivity index (χ4n) is 2.39. The Bertz CT molecular complexity index is 237. The molecule has 0 aromatic rings. The molecule has 6 heteroatoms. The lowest BCUT2D eigenvalue weighted by Gasteiger charge is -2.42. The number of nitrogens with two attached hydrogens (primary N) is 1. The summed E-state index contributed by atoms with van der Waals surface area (Å²) in [4.78, 5) is 1.41. The predicted octanol–water partition coefficient (Wildman–Crippen LogP) is 1.76. The summed E-state index contributed by atoms with van der Waals surface area (Å²) >= 11 is 0. The maximum absolute atomic E-state index is 13.0. The molecule has 0 aromatic carbocycles. The normalized spacial score (nSPS) is 31.2. The lowest BCUT2D eigenvalue weighted by Crippen LogP contribution is -2.61. The van der Waals surface area contributed by atoms with Gasteiger partial charge < -0.3 is 10.5 Å².